The second kappa shape index (κ2) is 16.5. The van der Waals surface area contributed by atoms with E-state index in [0.29, 0.717) is 113 Å². The maximum Gasteiger partial charge on any atom is 0.338 e. The molecule has 66 heavy (non-hydrogen) atoms. The number of aliphatic hydroxyl groups is 1. The number of halogens is 1. The Bertz CT molecular complexity index is 3040. The molecule has 4 aliphatic rings. The van der Waals surface area contributed by atoms with E-state index in [0.717, 1.165) is 23.7 Å². The minimum absolute atomic E-state index is 0.0580. The molecule has 1 unspecified atom stereocenters. The van der Waals surface area contributed by atoms with Gasteiger partial charge in [0, 0.05) is 73.4 Å². The molecule has 3 aromatic carbocycles. The number of fused-ring (bicyclic) bond motifs is 2. The van der Waals surface area contributed by atoms with Crippen LogP contribution in [0.3, 0.4) is 0 Å². The zero-order valence-electron chi connectivity index (χ0n) is 38.4. The Morgan fingerprint density at radius 1 is 1.00 bits per heavy atom. The minimum atomic E-state index is -2.71. The topological polar surface area (TPSA) is 159 Å². The molecule has 4 atom stereocenters. The van der Waals surface area contributed by atoms with Gasteiger partial charge in [0.05, 0.1) is 35.5 Å². The zero-order valence-corrected chi connectivity index (χ0v) is 39.3. The number of aromatic nitrogens is 5. The molecule has 6 heterocycles. The molecule has 0 radical (unpaired) electrons. The first-order chi connectivity index (χ1) is 31.7. The second-order valence-corrected chi connectivity index (χ2v) is 21.8. The van der Waals surface area contributed by atoms with Crippen LogP contribution in [0.5, 0.6) is 5.75 Å². The van der Waals surface area contributed by atoms with E-state index in [2.05, 4.69) is 40.2 Å². The highest BCUT2D eigenvalue weighted by Crippen LogP contribution is 2.54. The number of amidine groups is 1. The summed E-state index contributed by atoms with van der Waals surface area (Å²) in [6.45, 7) is 13.0. The number of methoxy groups -OCH3 is 1. The van der Waals surface area contributed by atoms with E-state index in [1.165, 1.54) is 21.8 Å². The van der Waals surface area contributed by atoms with Gasteiger partial charge in [-0.1, -0.05) is 26.8 Å². The van der Waals surface area contributed by atoms with Gasteiger partial charge in [-0.25, -0.2) is 29.2 Å². The molecule has 346 valence electrons. The molecule has 1 aliphatic carbocycles. The number of imidazole rings is 1. The molecule has 3 aromatic heterocycles. The van der Waals surface area contributed by atoms with Crippen LogP contribution in [-0.4, -0.2) is 90.8 Å². The number of rotatable bonds is 11. The predicted octanol–water partition coefficient (Wildman–Crippen LogP) is 7.16. The average Bonchev–Trinajstić information content (AvgIpc) is 3.82. The van der Waals surface area contributed by atoms with Crippen LogP contribution in [0.1, 0.15) is 97.4 Å². The van der Waals surface area contributed by atoms with Crippen LogP contribution in [0.25, 0.3) is 28.1 Å². The van der Waals surface area contributed by atoms with Crippen molar-refractivity contribution in [2.75, 3.05) is 39.2 Å². The molecule has 2 fully saturated rings. The van der Waals surface area contributed by atoms with Crippen molar-refractivity contribution < 1.29 is 33.2 Å². The predicted molar refractivity (Wildman–Crippen MR) is 250 cm³/mol. The van der Waals surface area contributed by atoms with Crippen LogP contribution < -0.4 is 21.2 Å². The van der Waals surface area contributed by atoms with E-state index in [1.807, 2.05) is 31.7 Å². The first-order valence-electron chi connectivity index (χ1n) is 22.9. The van der Waals surface area contributed by atoms with E-state index in [4.69, 9.17) is 19.4 Å². The number of hydrogen-bond acceptors (Lipinski definition) is 10. The number of aliphatic imine (C=N–C) groups is 1. The highest BCUT2D eigenvalue weighted by atomic mass is 31.2. The van der Waals surface area contributed by atoms with E-state index in [1.54, 1.807) is 61.3 Å². The molecule has 6 aromatic rings. The summed E-state index contributed by atoms with van der Waals surface area (Å²) in [4.78, 5) is 42.0. The van der Waals surface area contributed by atoms with E-state index >= 15 is 9.18 Å². The highest BCUT2D eigenvalue weighted by Gasteiger charge is 2.60. The molecule has 0 bridgehead atoms. The zero-order chi connectivity index (χ0) is 46.4. The summed E-state index contributed by atoms with van der Waals surface area (Å²) in [6.07, 6.45) is 5.83. The summed E-state index contributed by atoms with van der Waals surface area (Å²) >= 11 is 0. The van der Waals surface area contributed by atoms with Crippen molar-refractivity contribution >= 4 is 35.1 Å². The van der Waals surface area contributed by atoms with Crippen molar-refractivity contribution in [2.45, 2.75) is 91.1 Å². The van der Waals surface area contributed by atoms with Gasteiger partial charge in [-0.3, -0.25) is 13.9 Å². The van der Waals surface area contributed by atoms with Gasteiger partial charge in [0.25, 0.3) is 12.3 Å². The molecule has 15 nitrogen and oxygen atoms in total. The smallest absolute Gasteiger partial charge is 0.338 e. The van der Waals surface area contributed by atoms with Gasteiger partial charge < -0.3 is 28.6 Å². The molecule has 0 spiro atoms. The summed E-state index contributed by atoms with van der Waals surface area (Å²) in [5.74, 6) is 1.20. The Labute approximate surface area is 382 Å². The maximum absolute atomic E-state index is 15.5. The molecule has 2 N–H and O–H groups in total. The van der Waals surface area contributed by atoms with Crippen molar-refractivity contribution in [2.24, 2.45) is 10.9 Å². The minimum Gasteiger partial charge on any atom is -0.496 e. The van der Waals surface area contributed by atoms with E-state index < -0.39 is 30.8 Å². The lowest BCUT2D eigenvalue weighted by Crippen LogP contribution is -2.43. The number of hydroxylamine groups is 1. The van der Waals surface area contributed by atoms with Crippen molar-refractivity contribution in [3.8, 4) is 22.9 Å². The summed E-state index contributed by atoms with van der Waals surface area (Å²) < 4.78 is 47.2. The Morgan fingerprint density at radius 2 is 1.71 bits per heavy atom. The Hall–Kier alpha value is -5.80. The van der Waals surface area contributed by atoms with E-state index in [9.17, 15) is 14.5 Å². The lowest BCUT2D eigenvalue weighted by molar-refractivity contribution is -0.103. The average molecular weight is 919 g/mol. The Balaban J connectivity index is 1.11. The summed E-state index contributed by atoms with van der Waals surface area (Å²) in [7, 11) is -1.18. The van der Waals surface area contributed by atoms with Crippen molar-refractivity contribution in [1.29, 1.82) is 0 Å². The number of hydrogen-bond donors (Lipinski definition) is 2. The van der Waals surface area contributed by atoms with Gasteiger partial charge in [-0.15, -0.1) is 0 Å². The molecule has 17 heteroatoms. The van der Waals surface area contributed by atoms with Gasteiger partial charge in [0.2, 0.25) is 0 Å². The normalized spacial score (nSPS) is 22.1. The highest BCUT2D eigenvalue weighted by molar-refractivity contribution is 7.71. The maximum atomic E-state index is 15.5. The van der Waals surface area contributed by atoms with Gasteiger partial charge in [0.15, 0.2) is 5.84 Å². The summed E-state index contributed by atoms with van der Waals surface area (Å²) in [5, 5.41) is 17.0. The fourth-order valence-electron chi connectivity index (χ4n) is 10.7. The van der Waals surface area contributed by atoms with Crippen LogP contribution in [-0.2, 0) is 26.1 Å². The largest absolute Gasteiger partial charge is 0.496 e. The molecule has 1 saturated heterocycles. The first kappa shape index (κ1) is 44.1. The molecule has 3 aliphatic heterocycles. The number of carbonyl (C=O) groups excluding carboxylic acids is 1. The molecule has 10 rings (SSSR count). The Morgan fingerprint density at radius 3 is 2.36 bits per heavy atom. The Kier molecular flexibility index (Phi) is 11.0. The third-order valence-corrected chi connectivity index (χ3v) is 17.9. The van der Waals surface area contributed by atoms with E-state index in [-0.39, 0.29) is 17.6 Å². The van der Waals surface area contributed by atoms with Gasteiger partial charge in [-0.2, -0.15) is 5.10 Å². The molecule has 1 saturated carbocycles. The lowest BCUT2D eigenvalue weighted by Gasteiger charge is -2.34. The molecular formula is C49H56FN8O7P. The number of carbonyl (C=O) groups is 1. The number of ether oxygens (including phenoxy) is 2. The SMILES string of the molecule is CCP(=O)(CC)c1ccc(-n2ccn(-c3c4c(nn3-c3cc(C)c(F)c(C)c3)CCN(C(=O)c3cc5cc(C6CCOCC6)ccc5n3[C@@]3(C5=NC(O)ON5)C[C@@H]3C)[C@H]4C)c2=O)cc1OC. The van der Waals surface area contributed by atoms with Crippen molar-refractivity contribution in [1.82, 2.24) is 33.9 Å². The number of benzene rings is 3. The number of aryl methyl sites for hydroxylation is 2. The molecule has 1 amide bonds. The number of nitrogens with zero attached hydrogens (tertiary/aromatic N) is 7. The van der Waals surface area contributed by atoms with Gasteiger partial charge >= 0.3 is 5.69 Å². The van der Waals surface area contributed by atoms with Crippen molar-refractivity contribution in [3.05, 3.63) is 117 Å². The van der Waals surface area contributed by atoms with Crippen LogP contribution in [0.4, 0.5) is 4.39 Å². The summed E-state index contributed by atoms with van der Waals surface area (Å²) in [6, 6.07) is 16.6. The monoisotopic (exact) mass is 918 g/mol. The third-order valence-electron chi connectivity index (χ3n) is 14.6. The molecular weight excluding hydrogens is 863 g/mol. The van der Waals surface area contributed by atoms with Crippen LogP contribution in [0, 0.1) is 25.6 Å². The standard InChI is InChI=1S/C49H56FN8O7P/c1-8-66(62,9-2)41-13-11-35(26-40(41)63-7)55-18-19-56(48(55)61)44-42-31(6)54(17-14-37(42)52-58(44)36-22-28(3)43(50)29(4)23-36)45(59)39-25-34-24-33(32-15-20-64-21-16-32)10-12-38(34)57(39)49(27-30(49)5)46-51-47(60)65-53-46/h10-13,18-19,22-26,30-32,47,60H,8-9,14-17,20-21,27H2,1-7H3,(H,51,53)/t30-,31-,47?,49-/m0/s1. The summed E-state index contributed by atoms with van der Waals surface area (Å²) in [5.41, 5.74) is 7.57. The lowest BCUT2D eigenvalue weighted by atomic mass is 9.91. The van der Waals surface area contributed by atoms with Gasteiger partial charge in [0.1, 0.15) is 35.8 Å². The fourth-order valence-corrected chi connectivity index (χ4v) is 12.8. The van der Waals surface area contributed by atoms with Crippen LogP contribution >= 0.6 is 7.14 Å². The van der Waals surface area contributed by atoms with Crippen molar-refractivity contribution in [3.63, 3.8) is 0 Å². The number of aliphatic hydroxyl groups excluding tert-OH is 1. The number of nitrogens with one attached hydrogen (secondary N) is 1. The van der Waals surface area contributed by atoms with Gasteiger partial charge in [-0.05, 0) is 111 Å². The third kappa shape index (κ3) is 6.89. The first-order valence-corrected chi connectivity index (χ1v) is 25.0. The number of amides is 1. The van der Waals surface area contributed by atoms with Crippen LogP contribution in [0.2, 0.25) is 0 Å². The second-order valence-electron chi connectivity index (χ2n) is 18.2. The fraction of sp³-hybridized carbons (Fsp3) is 0.429. The quantitative estimate of drug-likeness (QED) is 0.129. The van der Waals surface area contributed by atoms with Crippen LogP contribution in [0.15, 0.2) is 76.8 Å².